The molecule has 3 nitrogen and oxygen atoms in total. The first-order chi connectivity index (χ1) is 11.3. The molecular weight excluding hydrogens is 298 g/mol. The molecule has 2 aromatic carbocycles. The van der Waals surface area contributed by atoms with Crippen molar-refractivity contribution < 1.29 is 9.90 Å². The maximum absolute atomic E-state index is 11.6. The van der Waals surface area contributed by atoms with E-state index < -0.39 is 5.97 Å². The van der Waals surface area contributed by atoms with Crippen LogP contribution in [-0.2, 0) is 5.41 Å². The molecule has 24 heavy (non-hydrogen) atoms. The van der Waals surface area contributed by atoms with Crippen LogP contribution < -0.4 is 5.11 Å². The average Bonchev–Trinajstić information content (AvgIpc) is 2.53. The number of carbonyl (C=O) groups is 1. The van der Waals surface area contributed by atoms with Gasteiger partial charge in [0.05, 0.1) is 17.2 Å². The molecule has 0 amide bonds. The highest BCUT2D eigenvalue weighted by atomic mass is 16.4. The summed E-state index contributed by atoms with van der Waals surface area (Å²) in [5, 5.41) is 12.2. The van der Waals surface area contributed by atoms with E-state index >= 15 is 0 Å². The number of carboxylic acid groups (broad SMARTS) is 1. The summed E-state index contributed by atoms with van der Waals surface area (Å²) in [6, 6.07) is 15.3. The lowest BCUT2D eigenvalue weighted by Crippen LogP contribution is -2.22. The van der Waals surface area contributed by atoms with Crippen molar-refractivity contribution in [1.82, 2.24) is 4.98 Å². The summed E-state index contributed by atoms with van der Waals surface area (Å²) in [5.74, 6) is -1.18. The second kappa shape index (κ2) is 5.75. The van der Waals surface area contributed by atoms with Gasteiger partial charge < -0.3 is 9.90 Å². The molecule has 0 aliphatic carbocycles. The molecule has 0 fully saturated rings. The van der Waals surface area contributed by atoms with Crippen LogP contribution in [0.2, 0.25) is 0 Å². The summed E-state index contributed by atoms with van der Waals surface area (Å²) < 4.78 is 0. The summed E-state index contributed by atoms with van der Waals surface area (Å²) in [6.45, 7) is 8.41. The number of pyridine rings is 1. The predicted octanol–water partition coefficient (Wildman–Crippen LogP) is 3.87. The van der Waals surface area contributed by atoms with Crippen molar-refractivity contribution in [2.75, 3.05) is 0 Å². The number of hydrogen-bond donors (Lipinski definition) is 0. The summed E-state index contributed by atoms with van der Waals surface area (Å²) in [4.78, 5) is 16.2. The van der Waals surface area contributed by atoms with Crippen LogP contribution >= 0.6 is 0 Å². The minimum absolute atomic E-state index is 0.0724. The third-order valence-electron chi connectivity index (χ3n) is 4.23. The van der Waals surface area contributed by atoms with E-state index in [1.165, 1.54) is 5.56 Å². The zero-order chi connectivity index (χ0) is 17.5. The van der Waals surface area contributed by atoms with Gasteiger partial charge in [-0.25, -0.2) is 4.98 Å². The normalized spacial score (nSPS) is 11.7. The number of hydrogen-bond acceptors (Lipinski definition) is 3. The van der Waals surface area contributed by atoms with Gasteiger partial charge in [-0.15, -0.1) is 0 Å². The van der Waals surface area contributed by atoms with E-state index in [4.69, 9.17) is 0 Å². The molecule has 0 aliphatic heterocycles. The fourth-order valence-electron chi connectivity index (χ4n) is 2.80. The minimum atomic E-state index is -1.18. The molecule has 0 aliphatic rings. The van der Waals surface area contributed by atoms with Crippen LogP contribution in [0.25, 0.3) is 22.2 Å². The number of carboxylic acids is 1. The Bertz CT molecular complexity index is 919. The van der Waals surface area contributed by atoms with E-state index in [1.807, 2.05) is 37.3 Å². The Morgan fingerprint density at radius 3 is 2.25 bits per heavy atom. The maximum Gasteiger partial charge on any atom is 0.0722 e. The van der Waals surface area contributed by atoms with Crippen LogP contribution in [0.4, 0.5) is 0 Å². The van der Waals surface area contributed by atoms with Gasteiger partial charge in [-0.2, -0.15) is 0 Å². The van der Waals surface area contributed by atoms with Crippen molar-refractivity contribution in [1.29, 1.82) is 0 Å². The molecule has 0 bridgehead atoms. The van der Waals surface area contributed by atoms with Crippen molar-refractivity contribution >= 4 is 16.9 Å². The quantitative estimate of drug-likeness (QED) is 0.720. The first-order valence-electron chi connectivity index (χ1n) is 7.99. The molecule has 122 valence electrons. The molecule has 3 heteroatoms. The third kappa shape index (κ3) is 3.02. The number of rotatable bonds is 2. The van der Waals surface area contributed by atoms with Crippen LogP contribution in [0.5, 0.6) is 0 Å². The molecule has 0 radical (unpaired) electrons. The van der Waals surface area contributed by atoms with E-state index in [1.54, 1.807) is 6.07 Å². The van der Waals surface area contributed by atoms with E-state index in [0.29, 0.717) is 16.6 Å². The van der Waals surface area contributed by atoms with Gasteiger partial charge in [0, 0.05) is 16.5 Å². The Morgan fingerprint density at radius 2 is 1.67 bits per heavy atom. The van der Waals surface area contributed by atoms with Crippen LogP contribution in [0.3, 0.4) is 0 Å². The van der Waals surface area contributed by atoms with Crippen molar-refractivity contribution in [3.63, 3.8) is 0 Å². The van der Waals surface area contributed by atoms with Crippen LogP contribution in [-0.4, -0.2) is 11.0 Å². The standard InChI is InChI=1S/C21H21NO2/c1-13-5-10-18-16(11-13)17(20(23)24)12-19(22-18)14-6-8-15(9-7-14)21(2,3)4/h5-12H,1-4H3,(H,23,24)/p-1. The van der Waals surface area contributed by atoms with Crippen molar-refractivity contribution in [3.05, 3.63) is 65.2 Å². The van der Waals surface area contributed by atoms with Crippen molar-refractivity contribution in [2.45, 2.75) is 33.1 Å². The molecule has 0 N–H and O–H groups in total. The van der Waals surface area contributed by atoms with Gasteiger partial charge in [-0.1, -0.05) is 56.7 Å². The highest BCUT2D eigenvalue weighted by molar-refractivity contribution is 6.03. The Balaban J connectivity index is 2.16. The van der Waals surface area contributed by atoms with Crippen molar-refractivity contribution in [2.24, 2.45) is 0 Å². The number of aromatic nitrogens is 1. The van der Waals surface area contributed by atoms with Gasteiger partial charge in [0.25, 0.3) is 0 Å². The SMILES string of the molecule is Cc1ccc2nc(-c3ccc(C(C)(C)C)cc3)cc(C(=O)[O-])c2c1. The van der Waals surface area contributed by atoms with E-state index in [0.717, 1.165) is 11.1 Å². The third-order valence-corrected chi connectivity index (χ3v) is 4.23. The van der Waals surface area contributed by atoms with Crippen LogP contribution in [0.15, 0.2) is 48.5 Å². The molecule has 3 aromatic rings. The molecule has 0 unspecified atom stereocenters. The first kappa shape index (κ1) is 16.2. The van der Waals surface area contributed by atoms with E-state index in [2.05, 4.69) is 37.9 Å². The molecule has 0 saturated carbocycles. The van der Waals surface area contributed by atoms with Gasteiger partial charge in [0.2, 0.25) is 0 Å². The smallest absolute Gasteiger partial charge is 0.0722 e. The zero-order valence-corrected chi connectivity index (χ0v) is 14.4. The number of aryl methyl sites for hydroxylation is 1. The predicted molar refractivity (Wildman–Crippen MR) is 94.9 cm³/mol. The Kier molecular flexibility index (Phi) is 3.88. The minimum Gasteiger partial charge on any atom is -0.545 e. The summed E-state index contributed by atoms with van der Waals surface area (Å²) in [5.41, 5.74) is 4.68. The van der Waals surface area contributed by atoms with Crippen LogP contribution in [0.1, 0.15) is 42.3 Å². The lowest BCUT2D eigenvalue weighted by atomic mass is 9.86. The van der Waals surface area contributed by atoms with Gasteiger partial charge in [0.1, 0.15) is 0 Å². The number of carbonyl (C=O) groups excluding carboxylic acids is 1. The largest absolute Gasteiger partial charge is 0.545 e. The Hall–Kier alpha value is -2.68. The summed E-state index contributed by atoms with van der Waals surface area (Å²) in [6.07, 6.45) is 0. The lowest BCUT2D eigenvalue weighted by molar-refractivity contribution is -0.254. The van der Waals surface area contributed by atoms with E-state index in [9.17, 15) is 9.90 Å². The fourth-order valence-corrected chi connectivity index (χ4v) is 2.80. The van der Waals surface area contributed by atoms with Gasteiger partial charge >= 0.3 is 0 Å². The number of nitrogens with zero attached hydrogens (tertiary/aromatic N) is 1. The highest BCUT2D eigenvalue weighted by Gasteiger charge is 2.14. The summed E-state index contributed by atoms with van der Waals surface area (Å²) in [7, 11) is 0. The molecule has 0 atom stereocenters. The number of fused-ring (bicyclic) bond motifs is 1. The monoisotopic (exact) mass is 318 g/mol. The first-order valence-corrected chi connectivity index (χ1v) is 7.99. The average molecular weight is 318 g/mol. The van der Waals surface area contributed by atoms with Gasteiger partial charge in [0.15, 0.2) is 0 Å². The Labute approximate surface area is 142 Å². The maximum atomic E-state index is 11.6. The fraction of sp³-hybridized carbons (Fsp3) is 0.238. The van der Waals surface area contributed by atoms with Gasteiger partial charge in [-0.3, -0.25) is 0 Å². The molecule has 1 heterocycles. The Morgan fingerprint density at radius 1 is 1.00 bits per heavy atom. The zero-order valence-electron chi connectivity index (χ0n) is 14.4. The van der Waals surface area contributed by atoms with E-state index in [-0.39, 0.29) is 11.0 Å². The molecule has 0 saturated heterocycles. The molecular formula is C21H20NO2-. The topological polar surface area (TPSA) is 53.0 Å². The number of benzene rings is 2. The molecule has 3 rings (SSSR count). The second-order valence-corrected chi connectivity index (χ2v) is 7.19. The van der Waals surface area contributed by atoms with Gasteiger partial charge in [-0.05, 0) is 36.1 Å². The van der Waals surface area contributed by atoms with Crippen molar-refractivity contribution in [3.8, 4) is 11.3 Å². The highest BCUT2D eigenvalue weighted by Crippen LogP contribution is 2.28. The number of aromatic carboxylic acids is 1. The molecule has 1 aromatic heterocycles. The van der Waals surface area contributed by atoms with Crippen LogP contribution in [0, 0.1) is 6.92 Å². The molecule has 0 spiro atoms. The second-order valence-electron chi connectivity index (χ2n) is 7.19. The summed E-state index contributed by atoms with van der Waals surface area (Å²) >= 11 is 0. The lowest BCUT2D eigenvalue weighted by Gasteiger charge is -2.19.